The second-order valence-corrected chi connectivity index (χ2v) is 5.41. The lowest BCUT2D eigenvalue weighted by Gasteiger charge is -2.09. The van der Waals surface area contributed by atoms with Gasteiger partial charge in [-0.3, -0.25) is 19.5 Å². The van der Waals surface area contributed by atoms with Crippen LogP contribution in [0.5, 0.6) is 0 Å². The number of aromatic amines is 1. The van der Waals surface area contributed by atoms with Crippen molar-refractivity contribution in [1.29, 1.82) is 0 Å². The van der Waals surface area contributed by atoms with Crippen molar-refractivity contribution in [2.45, 2.75) is 6.92 Å². The number of pyridine rings is 1. The van der Waals surface area contributed by atoms with Crippen LogP contribution in [0.3, 0.4) is 0 Å². The Morgan fingerprint density at radius 1 is 1.31 bits per heavy atom. The summed E-state index contributed by atoms with van der Waals surface area (Å²) >= 11 is 0. The average Bonchev–Trinajstić information content (AvgIpc) is 2.99. The van der Waals surface area contributed by atoms with Crippen LogP contribution < -0.4 is 10.7 Å². The molecule has 0 saturated carbocycles. The average molecular weight is 381 g/mol. The van der Waals surface area contributed by atoms with Crippen LogP contribution in [0.25, 0.3) is 16.9 Å². The molecule has 26 heavy (non-hydrogen) atoms. The smallest absolute Gasteiger partial charge is 0.322 e. The molecule has 3 aromatic rings. The van der Waals surface area contributed by atoms with Gasteiger partial charge < -0.3 is 10.4 Å². The largest absolute Gasteiger partial charge is 0.480 e. The summed E-state index contributed by atoms with van der Waals surface area (Å²) in [6.07, 6.45) is 1.28. The molecule has 0 aliphatic rings. The lowest BCUT2D eigenvalue weighted by atomic mass is 10.1. The van der Waals surface area contributed by atoms with Crippen LogP contribution in [0.4, 0.5) is 4.39 Å². The predicted octanol–water partition coefficient (Wildman–Crippen LogP) is 1.37. The number of hydrogen-bond donors (Lipinski definition) is 3. The number of halogens is 2. The molecular weight excluding hydrogens is 367 g/mol. The number of benzene rings is 1. The Morgan fingerprint density at radius 3 is 2.69 bits per heavy atom. The molecule has 0 saturated heterocycles. The Balaban J connectivity index is 0.00000243. The van der Waals surface area contributed by atoms with E-state index in [4.69, 9.17) is 5.11 Å². The van der Waals surface area contributed by atoms with Crippen LogP contribution in [0, 0.1) is 12.7 Å². The van der Waals surface area contributed by atoms with Crippen molar-refractivity contribution in [1.82, 2.24) is 19.9 Å². The molecule has 0 fully saturated rings. The van der Waals surface area contributed by atoms with Crippen molar-refractivity contribution in [2.75, 3.05) is 6.54 Å². The van der Waals surface area contributed by atoms with Crippen LogP contribution in [0.2, 0.25) is 0 Å². The maximum absolute atomic E-state index is 13.7. The first kappa shape index (κ1) is 19.1. The minimum atomic E-state index is -1.24. The summed E-state index contributed by atoms with van der Waals surface area (Å²) in [4.78, 5) is 39.1. The van der Waals surface area contributed by atoms with Crippen molar-refractivity contribution < 1.29 is 19.1 Å². The third-order valence-electron chi connectivity index (χ3n) is 3.53. The summed E-state index contributed by atoms with van der Waals surface area (Å²) < 4.78 is 15.1. The van der Waals surface area contributed by atoms with Crippen LogP contribution in [0.15, 0.2) is 35.4 Å². The number of carbonyl (C=O) groups excluding carboxylic acids is 1. The predicted molar refractivity (Wildman–Crippen MR) is 93.2 cm³/mol. The molecule has 0 atom stereocenters. The van der Waals surface area contributed by atoms with E-state index in [1.165, 1.54) is 29.0 Å². The molecule has 2 aromatic heterocycles. The van der Waals surface area contributed by atoms with Crippen LogP contribution in [0.1, 0.15) is 15.9 Å². The number of amides is 1. The molecule has 0 radical (unpaired) electrons. The highest BCUT2D eigenvalue weighted by molar-refractivity contribution is 6.01. The number of carboxylic acids is 1. The third-order valence-corrected chi connectivity index (χ3v) is 3.53. The number of rotatable bonds is 4. The quantitative estimate of drug-likeness (QED) is 0.632. The summed E-state index contributed by atoms with van der Waals surface area (Å²) in [5.74, 6) is -2.54. The monoisotopic (exact) mass is 380 g/mol. The number of hydrogen-bond acceptors (Lipinski definition) is 4. The van der Waals surface area contributed by atoms with Gasteiger partial charge in [0.2, 0.25) is 0 Å². The highest BCUT2D eigenvalue weighted by Crippen LogP contribution is 2.22. The van der Waals surface area contributed by atoms with E-state index in [-0.39, 0.29) is 23.6 Å². The second kappa shape index (κ2) is 7.36. The molecule has 3 N–H and O–H groups in total. The first-order valence-corrected chi connectivity index (χ1v) is 7.23. The van der Waals surface area contributed by atoms with Gasteiger partial charge >= 0.3 is 5.97 Å². The molecule has 1 amide bonds. The Labute approximate surface area is 152 Å². The van der Waals surface area contributed by atoms with Crippen molar-refractivity contribution in [3.05, 3.63) is 57.8 Å². The van der Waals surface area contributed by atoms with Crippen LogP contribution in [-0.4, -0.2) is 38.1 Å². The molecule has 0 aliphatic carbocycles. The number of carboxylic acid groups (broad SMARTS) is 1. The van der Waals surface area contributed by atoms with Crippen LogP contribution in [-0.2, 0) is 4.79 Å². The number of nitrogens with one attached hydrogen (secondary N) is 2. The molecule has 0 aliphatic heterocycles. The maximum atomic E-state index is 13.7. The molecule has 3 rings (SSSR count). The number of carbonyl (C=O) groups is 2. The van der Waals surface area contributed by atoms with E-state index in [2.05, 4.69) is 15.4 Å². The van der Waals surface area contributed by atoms with E-state index < -0.39 is 29.7 Å². The fourth-order valence-electron chi connectivity index (χ4n) is 2.55. The van der Waals surface area contributed by atoms with Gasteiger partial charge in [0.25, 0.3) is 5.91 Å². The van der Waals surface area contributed by atoms with Gasteiger partial charge in [-0.1, -0.05) is 0 Å². The topological polar surface area (TPSA) is 117 Å². The number of aliphatic carboxylic acids is 1. The Morgan fingerprint density at radius 2 is 2.04 bits per heavy atom. The number of fused-ring (bicyclic) bond motifs is 1. The normalized spacial score (nSPS) is 10.4. The molecule has 2 heterocycles. The van der Waals surface area contributed by atoms with Gasteiger partial charge in [0.1, 0.15) is 24.3 Å². The zero-order valence-corrected chi connectivity index (χ0v) is 14.3. The summed E-state index contributed by atoms with van der Waals surface area (Å²) in [6.45, 7) is 1.09. The van der Waals surface area contributed by atoms with E-state index in [0.717, 1.165) is 0 Å². The van der Waals surface area contributed by atoms with E-state index in [1.807, 2.05) is 0 Å². The lowest BCUT2D eigenvalue weighted by molar-refractivity contribution is -0.135. The molecule has 136 valence electrons. The first-order valence-electron chi connectivity index (χ1n) is 7.23. The highest BCUT2D eigenvalue weighted by Gasteiger charge is 2.20. The summed E-state index contributed by atoms with van der Waals surface area (Å²) in [7, 11) is 0. The fraction of sp³-hybridized carbons (Fsp3) is 0.125. The Bertz CT molecular complexity index is 1040. The number of H-pyrrole nitrogens is 1. The van der Waals surface area contributed by atoms with Gasteiger partial charge in [0.05, 0.1) is 5.69 Å². The summed E-state index contributed by atoms with van der Waals surface area (Å²) in [6, 6.07) is 5.48. The third kappa shape index (κ3) is 3.57. The van der Waals surface area contributed by atoms with E-state index in [9.17, 15) is 18.8 Å². The molecule has 0 spiro atoms. The second-order valence-electron chi connectivity index (χ2n) is 5.41. The molecule has 1 aromatic carbocycles. The SMILES string of the molecule is Cc1cc(F)cc(-c2cc(=O)c(C(=O)NCC(=O)O)c3nc[nH]n23)c1.Cl. The molecular formula is C16H14ClFN4O4. The van der Waals surface area contributed by atoms with Gasteiger partial charge in [-0.05, 0) is 30.7 Å². The molecule has 0 bridgehead atoms. The minimum absolute atomic E-state index is 0. The molecule has 10 heteroatoms. The first-order chi connectivity index (χ1) is 11.9. The van der Waals surface area contributed by atoms with Crippen LogP contribution >= 0.6 is 12.4 Å². The van der Waals surface area contributed by atoms with Crippen molar-refractivity contribution in [3.8, 4) is 11.3 Å². The minimum Gasteiger partial charge on any atom is -0.480 e. The maximum Gasteiger partial charge on any atom is 0.322 e. The van der Waals surface area contributed by atoms with Gasteiger partial charge in [-0.25, -0.2) is 13.9 Å². The van der Waals surface area contributed by atoms with Gasteiger partial charge in [0, 0.05) is 11.6 Å². The highest BCUT2D eigenvalue weighted by atomic mass is 35.5. The summed E-state index contributed by atoms with van der Waals surface area (Å²) in [5.41, 5.74) is 0.513. The van der Waals surface area contributed by atoms with Crippen molar-refractivity contribution in [3.63, 3.8) is 0 Å². The van der Waals surface area contributed by atoms with Crippen molar-refractivity contribution >= 4 is 29.9 Å². The number of aryl methyl sites for hydroxylation is 1. The Kier molecular flexibility index (Phi) is 5.41. The van der Waals surface area contributed by atoms with Gasteiger partial charge in [0.15, 0.2) is 11.1 Å². The summed E-state index contributed by atoms with van der Waals surface area (Å²) in [5, 5.41) is 13.5. The number of nitrogens with zero attached hydrogens (tertiary/aromatic N) is 2. The zero-order valence-electron chi connectivity index (χ0n) is 13.4. The standard InChI is InChI=1S/C16H13FN4O4.ClH/c1-8-2-9(4-10(17)3-8)11-5-12(22)14(15-19-7-20-21(11)15)16(25)18-6-13(23)24;/h2-5,7H,6H2,1H3,(H,18,25)(H,19,20)(H,23,24);1H. The number of aromatic nitrogens is 3. The van der Waals surface area contributed by atoms with Gasteiger partial charge in [-0.2, -0.15) is 0 Å². The fourth-order valence-corrected chi connectivity index (χ4v) is 2.55. The van der Waals surface area contributed by atoms with E-state index in [1.54, 1.807) is 13.0 Å². The molecule has 0 unspecified atom stereocenters. The lowest BCUT2D eigenvalue weighted by Crippen LogP contribution is -2.33. The van der Waals surface area contributed by atoms with Crippen molar-refractivity contribution in [2.24, 2.45) is 0 Å². The molecule has 8 nitrogen and oxygen atoms in total. The zero-order chi connectivity index (χ0) is 18.1. The van der Waals surface area contributed by atoms with E-state index in [0.29, 0.717) is 16.8 Å². The van der Waals surface area contributed by atoms with E-state index >= 15 is 0 Å². The Hall–Kier alpha value is -3.20. The van der Waals surface area contributed by atoms with Gasteiger partial charge in [-0.15, -0.1) is 12.4 Å².